The monoisotopic (exact) mass is 351 g/mol. The SMILES string of the molecule is COc1c(Br)cc(C(=O)N(C)OC)cc1Br. The van der Waals surface area contributed by atoms with Gasteiger partial charge in [0.1, 0.15) is 5.75 Å². The standard InChI is InChI=1S/C10H11Br2NO3/c1-13(16-3)10(14)6-4-7(11)9(15-2)8(12)5-6/h4-5H,1-3H3. The normalized spacial score (nSPS) is 10.1. The minimum absolute atomic E-state index is 0.230. The van der Waals surface area contributed by atoms with Gasteiger partial charge < -0.3 is 4.74 Å². The lowest BCUT2D eigenvalue weighted by Crippen LogP contribution is -2.25. The number of hydrogen-bond donors (Lipinski definition) is 0. The molecule has 1 amide bonds. The number of halogens is 2. The highest BCUT2D eigenvalue weighted by molar-refractivity contribution is 9.11. The second kappa shape index (κ2) is 5.65. The Morgan fingerprint density at radius 2 is 1.75 bits per heavy atom. The van der Waals surface area contributed by atoms with Gasteiger partial charge in [0.15, 0.2) is 0 Å². The van der Waals surface area contributed by atoms with Crippen molar-refractivity contribution in [3.63, 3.8) is 0 Å². The van der Waals surface area contributed by atoms with Gasteiger partial charge in [-0.15, -0.1) is 0 Å². The fourth-order valence-electron chi connectivity index (χ4n) is 1.14. The Bertz CT molecular complexity index is 386. The first kappa shape index (κ1) is 13.5. The summed E-state index contributed by atoms with van der Waals surface area (Å²) in [5, 5.41) is 1.15. The van der Waals surface area contributed by atoms with Gasteiger partial charge in [-0.2, -0.15) is 0 Å². The molecule has 0 aromatic heterocycles. The Labute approximate surface area is 111 Å². The number of nitrogens with zero attached hydrogens (tertiary/aromatic N) is 1. The Kier molecular flexibility index (Phi) is 4.76. The van der Waals surface area contributed by atoms with Crippen LogP contribution in [0.4, 0.5) is 0 Å². The molecular weight excluding hydrogens is 342 g/mol. The average Bonchev–Trinajstić information content (AvgIpc) is 2.26. The molecule has 4 nitrogen and oxygen atoms in total. The van der Waals surface area contributed by atoms with Crippen LogP contribution in [0.3, 0.4) is 0 Å². The molecule has 0 aliphatic carbocycles. The van der Waals surface area contributed by atoms with E-state index in [9.17, 15) is 4.79 Å². The van der Waals surface area contributed by atoms with E-state index in [1.165, 1.54) is 7.11 Å². The number of carbonyl (C=O) groups is 1. The summed E-state index contributed by atoms with van der Waals surface area (Å²) >= 11 is 6.66. The molecule has 0 heterocycles. The third-order valence-electron chi connectivity index (χ3n) is 2.01. The van der Waals surface area contributed by atoms with Crippen molar-refractivity contribution in [1.82, 2.24) is 5.06 Å². The van der Waals surface area contributed by atoms with Crippen molar-refractivity contribution in [2.24, 2.45) is 0 Å². The fourth-order valence-corrected chi connectivity index (χ4v) is 2.65. The summed E-state index contributed by atoms with van der Waals surface area (Å²) in [5.41, 5.74) is 0.504. The number of carbonyl (C=O) groups excluding carboxylic acids is 1. The number of hydrogen-bond acceptors (Lipinski definition) is 3. The van der Waals surface area contributed by atoms with Crippen molar-refractivity contribution in [2.45, 2.75) is 0 Å². The van der Waals surface area contributed by atoms with Crippen molar-refractivity contribution in [1.29, 1.82) is 0 Å². The van der Waals surface area contributed by atoms with Gasteiger partial charge in [0.2, 0.25) is 0 Å². The summed E-state index contributed by atoms with van der Waals surface area (Å²) in [4.78, 5) is 16.6. The van der Waals surface area contributed by atoms with Crippen LogP contribution < -0.4 is 4.74 Å². The summed E-state index contributed by atoms with van der Waals surface area (Å²) in [5.74, 6) is 0.420. The predicted molar refractivity (Wildman–Crippen MR) is 67.5 cm³/mol. The van der Waals surface area contributed by atoms with Gasteiger partial charge in [-0.1, -0.05) is 0 Å². The maximum Gasteiger partial charge on any atom is 0.277 e. The zero-order chi connectivity index (χ0) is 12.3. The molecule has 0 bridgehead atoms. The topological polar surface area (TPSA) is 38.8 Å². The molecule has 0 spiro atoms. The highest BCUT2D eigenvalue weighted by Gasteiger charge is 2.15. The van der Waals surface area contributed by atoms with Crippen LogP contribution in [0.1, 0.15) is 10.4 Å². The summed E-state index contributed by atoms with van der Waals surface area (Å²) in [7, 11) is 4.55. The van der Waals surface area contributed by atoms with Crippen LogP contribution >= 0.6 is 31.9 Å². The summed E-state index contributed by atoms with van der Waals surface area (Å²) in [6, 6.07) is 3.36. The lowest BCUT2D eigenvalue weighted by atomic mass is 10.2. The first-order valence-corrected chi connectivity index (χ1v) is 5.95. The first-order valence-electron chi connectivity index (χ1n) is 4.36. The zero-order valence-corrected chi connectivity index (χ0v) is 12.3. The van der Waals surface area contributed by atoms with Crippen LogP contribution in [-0.4, -0.2) is 32.2 Å². The summed E-state index contributed by atoms with van der Waals surface area (Å²) in [6.07, 6.45) is 0. The molecule has 0 fully saturated rings. The van der Waals surface area contributed by atoms with E-state index in [0.717, 1.165) is 5.06 Å². The molecule has 16 heavy (non-hydrogen) atoms. The maximum atomic E-state index is 11.8. The highest BCUT2D eigenvalue weighted by Crippen LogP contribution is 2.34. The van der Waals surface area contributed by atoms with E-state index in [0.29, 0.717) is 20.3 Å². The van der Waals surface area contributed by atoms with Crippen molar-refractivity contribution in [3.8, 4) is 5.75 Å². The van der Waals surface area contributed by atoms with E-state index in [2.05, 4.69) is 31.9 Å². The lowest BCUT2D eigenvalue weighted by molar-refractivity contribution is -0.0757. The molecule has 0 radical (unpaired) electrons. The molecule has 1 aromatic rings. The molecule has 6 heteroatoms. The minimum atomic E-state index is -0.230. The Morgan fingerprint density at radius 1 is 1.25 bits per heavy atom. The summed E-state index contributed by atoms with van der Waals surface area (Å²) in [6.45, 7) is 0. The molecule has 1 aromatic carbocycles. The highest BCUT2D eigenvalue weighted by atomic mass is 79.9. The molecule has 0 saturated carbocycles. The quantitative estimate of drug-likeness (QED) is 0.785. The second-order valence-electron chi connectivity index (χ2n) is 2.96. The van der Waals surface area contributed by atoms with Gasteiger partial charge in [-0.3, -0.25) is 9.63 Å². The van der Waals surface area contributed by atoms with Crippen molar-refractivity contribution >= 4 is 37.8 Å². The second-order valence-corrected chi connectivity index (χ2v) is 4.67. The van der Waals surface area contributed by atoms with Crippen LogP contribution in [0.25, 0.3) is 0 Å². The van der Waals surface area contributed by atoms with Gasteiger partial charge in [-0.25, -0.2) is 5.06 Å². The van der Waals surface area contributed by atoms with Gasteiger partial charge >= 0.3 is 0 Å². The molecule has 0 atom stereocenters. The predicted octanol–water partition coefficient (Wildman–Crippen LogP) is 2.85. The van der Waals surface area contributed by atoms with Gasteiger partial charge in [0.25, 0.3) is 5.91 Å². The van der Waals surface area contributed by atoms with E-state index in [1.54, 1.807) is 26.3 Å². The van der Waals surface area contributed by atoms with E-state index in [1.807, 2.05) is 0 Å². The van der Waals surface area contributed by atoms with Gasteiger partial charge in [0.05, 0.1) is 23.2 Å². The number of amides is 1. The molecule has 0 aliphatic rings. The van der Waals surface area contributed by atoms with E-state index in [-0.39, 0.29) is 5.91 Å². The van der Waals surface area contributed by atoms with Crippen LogP contribution in [-0.2, 0) is 4.84 Å². The Morgan fingerprint density at radius 3 is 2.12 bits per heavy atom. The van der Waals surface area contributed by atoms with Gasteiger partial charge in [-0.05, 0) is 44.0 Å². The Hall–Kier alpha value is -0.590. The molecule has 1 rings (SSSR count). The number of rotatable bonds is 3. The molecule has 0 N–H and O–H groups in total. The molecule has 0 aliphatic heterocycles. The van der Waals surface area contributed by atoms with Crippen molar-refractivity contribution in [3.05, 3.63) is 26.6 Å². The van der Waals surface area contributed by atoms with Crippen LogP contribution in [0.5, 0.6) is 5.75 Å². The van der Waals surface area contributed by atoms with Crippen LogP contribution in [0, 0.1) is 0 Å². The number of benzene rings is 1. The fraction of sp³-hybridized carbons (Fsp3) is 0.300. The molecule has 0 saturated heterocycles. The summed E-state index contributed by atoms with van der Waals surface area (Å²) < 4.78 is 6.56. The molecular formula is C10H11Br2NO3. The van der Waals surface area contributed by atoms with Crippen molar-refractivity contribution in [2.75, 3.05) is 21.3 Å². The van der Waals surface area contributed by atoms with Gasteiger partial charge in [0, 0.05) is 12.6 Å². The van der Waals surface area contributed by atoms with Crippen LogP contribution in [0.2, 0.25) is 0 Å². The third-order valence-corrected chi connectivity index (χ3v) is 3.19. The average molecular weight is 353 g/mol. The lowest BCUT2D eigenvalue weighted by Gasteiger charge is -2.15. The first-order chi connectivity index (χ1) is 7.51. The maximum absolute atomic E-state index is 11.8. The molecule has 88 valence electrons. The van der Waals surface area contributed by atoms with E-state index >= 15 is 0 Å². The smallest absolute Gasteiger partial charge is 0.277 e. The third kappa shape index (κ3) is 2.75. The van der Waals surface area contributed by atoms with Crippen LogP contribution in [0.15, 0.2) is 21.1 Å². The van der Waals surface area contributed by atoms with E-state index in [4.69, 9.17) is 9.57 Å². The number of methoxy groups -OCH3 is 1. The minimum Gasteiger partial charge on any atom is -0.494 e. The zero-order valence-electron chi connectivity index (χ0n) is 9.08. The largest absolute Gasteiger partial charge is 0.494 e. The van der Waals surface area contributed by atoms with E-state index < -0.39 is 0 Å². The number of ether oxygens (including phenoxy) is 1. The number of hydroxylamine groups is 2. The van der Waals surface area contributed by atoms with Crippen molar-refractivity contribution < 1.29 is 14.4 Å². The molecule has 0 unspecified atom stereocenters. The Balaban J connectivity index is 3.13.